The largest absolute Gasteiger partial charge is 0.481 e. The molecule has 4 nitrogen and oxygen atoms in total. The SMILES string of the molecule is CCS(=O)(=O)C(C)CC(=O)O. The lowest BCUT2D eigenvalue weighted by Crippen LogP contribution is -2.22. The van der Waals surface area contributed by atoms with Gasteiger partial charge in [0.15, 0.2) is 9.84 Å². The minimum atomic E-state index is -3.17. The normalized spacial score (nSPS) is 14.4. The van der Waals surface area contributed by atoms with Crippen molar-refractivity contribution in [3.05, 3.63) is 0 Å². The van der Waals surface area contributed by atoms with Crippen LogP contribution in [0.5, 0.6) is 0 Å². The summed E-state index contributed by atoms with van der Waals surface area (Å²) >= 11 is 0. The summed E-state index contributed by atoms with van der Waals surface area (Å²) < 4.78 is 21.9. The highest BCUT2D eigenvalue weighted by Gasteiger charge is 2.20. The Labute approximate surface area is 66.1 Å². The first-order chi connectivity index (χ1) is 4.90. The fourth-order valence-corrected chi connectivity index (χ4v) is 1.62. The van der Waals surface area contributed by atoms with E-state index in [0.717, 1.165) is 0 Å². The Morgan fingerprint density at radius 1 is 1.55 bits per heavy atom. The van der Waals surface area contributed by atoms with Gasteiger partial charge >= 0.3 is 5.97 Å². The summed E-state index contributed by atoms with van der Waals surface area (Å²) in [6, 6.07) is 0. The van der Waals surface area contributed by atoms with Gasteiger partial charge in [0.05, 0.1) is 11.7 Å². The van der Waals surface area contributed by atoms with Gasteiger partial charge in [-0.25, -0.2) is 8.42 Å². The van der Waals surface area contributed by atoms with Crippen LogP contribution < -0.4 is 0 Å². The van der Waals surface area contributed by atoms with E-state index in [1.165, 1.54) is 13.8 Å². The van der Waals surface area contributed by atoms with E-state index in [1.807, 2.05) is 0 Å². The second-order valence-corrected chi connectivity index (χ2v) is 5.07. The third-order valence-corrected chi connectivity index (χ3v) is 3.68. The third kappa shape index (κ3) is 3.36. The van der Waals surface area contributed by atoms with Gasteiger partial charge in [0.2, 0.25) is 0 Å². The minimum Gasteiger partial charge on any atom is -0.481 e. The number of hydrogen-bond acceptors (Lipinski definition) is 3. The van der Waals surface area contributed by atoms with E-state index in [9.17, 15) is 13.2 Å². The van der Waals surface area contributed by atoms with E-state index in [0.29, 0.717) is 0 Å². The van der Waals surface area contributed by atoms with Crippen LogP contribution in [0.25, 0.3) is 0 Å². The summed E-state index contributed by atoms with van der Waals surface area (Å²) in [7, 11) is -3.17. The molecule has 0 aliphatic carbocycles. The highest BCUT2D eigenvalue weighted by Crippen LogP contribution is 2.05. The summed E-state index contributed by atoms with van der Waals surface area (Å²) in [6.07, 6.45) is -0.309. The van der Waals surface area contributed by atoms with E-state index in [-0.39, 0.29) is 12.2 Å². The zero-order valence-electron chi connectivity index (χ0n) is 6.57. The maximum atomic E-state index is 11.0. The van der Waals surface area contributed by atoms with Crippen LogP contribution in [-0.4, -0.2) is 30.5 Å². The fraction of sp³-hybridized carbons (Fsp3) is 0.833. The molecule has 0 rings (SSSR count). The lowest BCUT2D eigenvalue weighted by Gasteiger charge is -2.06. The molecule has 11 heavy (non-hydrogen) atoms. The van der Waals surface area contributed by atoms with Gasteiger partial charge in [0, 0.05) is 5.75 Å². The van der Waals surface area contributed by atoms with Crippen LogP contribution in [0.2, 0.25) is 0 Å². The van der Waals surface area contributed by atoms with Crippen molar-refractivity contribution < 1.29 is 18.3 Å². The first-order valence-electron chi connectivity index (χ1n) is 3.33. The fourth-order valence-electron chi connectivity index (χ4n) is 0.657. The van der Waals surface area contributed by atoms with Crippen molar-refractivity contribution in [1.29, 1.82) is 0 Å². The highest BCUT2D eigenvalue weighted by molar-refractivity contribution is 7.91. The quantitative estimate of drug-likeness (QED) is 0.674. The molecule has 0 amide bonds. The second-order valence-electron chi connectivity index (χ2n) is 2.36. The summed E-state index contributed by atoms with van der Waals surface area (Å²) in [5, 5.41) is 7.51. The topological polar surface area (TPSA) is 71.4 Å². The van der Waals surface area contributed by atoms with Crippen molar-refractivity contribution in [2.24, 2.45) is 0 Å². The molecule has 0 aromatic rings. The molecule has 0 aromatic carbocycles. The Morgan fingerprint density at radius 3 is 2.27 bits per heavy atom. The maximum absolute atomic E-state index is 11.0. The lowest BCUT2D eigenvalue weighted by atomic mass is 10.3. The van der Waals surface area contributed by atoms with Gasteiger partial charge in [-0.2, -0.15) is 0 Å². The molecule has 0 aliphatic rings. The smallest absolute Gasteiger partial charge is 0.304 e. The molecular weight excluding hydrogens is 168 g/mol. The van der Waals surface area contributed by atoms with Gasteiger partial charge < -0.3 is 5.11 Å². The predicted molar refractivity (Wildman–Crippen MR) is 41.2 cm³/mol. The Kier molecular flexibility index (Phi) is 3.51. The molecular formula is C6H12O4S. The average molecular weight is 180 g/mol. The molecule has 0 saturated carbocycles. The number of carboxylic acids is 1. The van der Waals surface area contributed by atoms with Crippen LogP contribution in [0.3, 0.4) is 0 Å². The van der Waals surface area contributed by atoms with Crippen molar-refractivity contribution in [1.82, 2.24) is 0 Å². The molecule has 0 radical (unpaired) electrons. The molecule has 1 unspecified atom stereocenters. The van der Waals surface area contributed by atoms with Gasteiger partial charge in [-0.05, 0) is 6.92 Å². The van der Waals surface area contributed by atoms with Gasteiger partial charge in [-0.3, -0.25) is 4.79 Å². The Hall–Kier alpha value is -0.580. The number of rotatable bonds is 4. The second kappa shape index (κ2) is 3.71. The molecule has 0 heterocycles. The standard InChI is InChI=1S/C6H12O4S/c1-3-11(9,10)5(2)4-6(7)8/h5H,3-4H2,1-2H3,(H,7,8). The molecule has 0 fully saturated rings. The predicted octanol–water partition coefficient (Wildman–Crippen LogP) is 0.284. The van der Waals surface area contributed by atoms with Crippen LogP contribution in [0, 0.1) is 0 Å². The van der Waals surface area contributed by atoms with Crippen molar-refractivity contribution >= 4 is 15.8 Å². The molecule has 0 spiro atoms. The summed E-state index contributed by atoms with van der Waals surface area (Å²) in [5.41, 5.74) is 0. The van der Waals surface area contributed by atoms with Crippen LogP contribution in [0.15, 0.2) is 0 Å². The highest BCUT2D eigenvalue weighted by atomic mass is 32.2. The number of carbonyl (C=O) groups is 1. The Morgan fingerprint density at radius 2 is 2.00 bits per heavy atom. The van der Waals surface area contributed by atoms with Crippen molar-refractivity contribution in [3.8, 4) is 0 Å². The minimum absolute atomic E-state index is 0.00144. The molecule has 0 aromatic heterocycles. The van der Waals surface area contributed by atoms with Gasteiger partial charge in [-0.1, -0.05) is 6.92 Å². The summed E-state index contributed by atoms with van der Waals surface area (Å²) in [6.45, 7) is 2.92. The van der Waals surface area contributed by atoms with Crippen LogP contribution in [0.4, 0.5) is 0 Å². The maximum Gasteiger partial charge on any atom is 0.304 e. The first-order valence-corrected chi connectivity index (χ1v) is 5.05. The molecule has 0 saturated heterocycles. The zero-order valence-corrected chi connectivity index (χ0v) is 7.39. The van der Waals surface area contributed by atoms with E-state index in [2.05, 4.69) is 0 Å². The molecule has 1 N–H and O–H groups in total. The molecule has 5 heteroatoms. The Balaban J connectivity index is 4.26. The number of carboxylic acid groups (broad SMARTS) is 1. The van der Waals surface area contributed by atoms with Crippen molar-refractivity contribution in [2.45, 2.75) is 25.5 Å². The zero-order chi connectivity index (χ0) is 9.07. The van der Waals surface area contributed by atoms with E-state index < -0.39 is 21.1 Å². The average Bonchev–Trinajstić information content (AvgIpc) is 1.86. The van der Waals surface area contributed by atoms with Gasteiger partial charge in [0.25, 0.3) is 0 Å². The number of aliphatic carboxylic acids is 1. The van der Waals surface area contributed by atoms with Crippen LogP contribution in [-0.2, 0) is 14.6 Å². The summed E-state index contributed by atoms with van der Waals surface area (Å²) in [5.74, 6) is -1.07. The van der Waals surface area contributed by atoms with Crippen molar-refractivity contribution in [2.75, 3.05) is 5.75 Å². The Bertz CT molecular complexity index is 229. The van der Waals surface area contributed by atoms with E-state index in [1.54, 1.807) is 0 Å². The number of hydrogen-bond donors (Lipinski definition) is 1. The monoisotopic (exact) mass is 180 g/mol. The lowest BCUT2D eigenvalue weighted by molar-refractivity contribution is -0.136. The molecule has 0 bridgehead atoms. The summed E-state index contributed by atoms with van der Waals surface area (Å²) in [4.78, 5) is 10.1. The van der Waals surface area contributed by atoms with Gasteiger partial charge in [0.1, 0.15) is 0 Å². The van der Waals surface area contributed by atoms with E-state index >= 15 is 0 Å². The third-order valence-electron chi connectivity index (χ3n) is 1.48. The molecule has 0 aliphatic heterocycles. The molecule has 66 valence electrons. The van der Waals surface area contributed by atoms with E-state index in [4.69, 9.17) is 5.11 Å². The molecule has 1 atom stereocenters. The first kappa shape index (κ1) is 10.4. The van der Waals surface area contributed by atoms with Crippen molar-refractivity contribution in [3.63, 3.8) is 0 Å². The van der Waals surface area contributed by atoms with Crippen LogP contribution >= 0.6 is 0 Å². The number of sulfone groups is 1. The van der Waals surface area contributed by atoms with Crippen LogP contribution in [0.1, 0.15) is 20.3 Å². The van der Waals surface area contributed by atoms with Gasteiger partial charge in [-0.15, -0.1) is 0 Å².